The van der Waals surface area contributed by atoms with Crippen LogP contribution in [-0.4, -0.2) is 75.3 Å². The Morgan fingerprint density at radius 3 is 0.741 bits per heavy atom. The van der Waals surface area contributed by atoms with Crippen LogP contribution in [0.15, 0.2) is 109 Å². The van der Waals surface area contributed by atoms with Crippen LogP contribution in [0.3, 0.4) is 0 Å². The molecule has 0 spiro atoms. The van der Waals surface area contributed by atoms with E-state index in [0.717, 1.165) is 0 Å². The van der Waals surface area contributed by atoms with E-state index < -0.39 is 16.2 Å². The van der Waals surface area contributed by atoms with Crippen LogP contribution in [0.25, 0.3) is 50.2 Å². The first kappa shape index (κ1) is 55.6. The number of fused-ring (bicyclic) bond motifs is 3. The summed E-state index contributed by atoms with van der Waals surface area (Å²) in [7, 11) is 0. The highest BCUT2D eigenvalue weighted by Crippen LogP contribution is 2.49. The SMILES string of the molecule is CC(C)(C)CC(C)(C)c1cc(-n2nc3ccccc3n2)c(O)cc1Oc1nc(Oc2cc(O)c(-n3nc4ccccc4n3)cc2C(C)(C)CC(C)(C)C)nc(Oc2cc(O)c(-n3nc4ccccc4n3)cc2C(C)(C)CC(C)(C)C)n1. The summed E-state index contributed by atoms with van der Waals surface area (Å²) in [5.74, 6) is 0.238. The van der Waals surface area contributed by atoms with E-state index in [-0.39, 0.29) is 68.8 Å². The maximum Gasteiger partial charge on any atom is 0.331 e. The van der Waals surface area contributed by atoms with Gasteiger partial charge in [0.05, 0.1) is 0 Å². The van der Waals surface area contributed by atoms with Gasteiger partial charge in [-0.15, -0.1) is 59.9 Å². The van der Waals surface area contributed by atoms with Gasteiger partial charge < -0.3 is 29.5 Å². The third-order valence-corrected chi connectivity index (χ3v) is 14.0. The molecule has 4 aromatic heterocycles. The molecule has 3 N–H and O–H groups in total. The van der Waals surface area contributed by atoms with Gasteiger partial charge >= 0.3 is 18.0 Å². The quantitative estimate of drug-likeness (QED) is 0.0869. The second kappa shape index (κ2) is 20.1. The molecule has 0 radical (unpaired) electrons. The minimum atomic E-state index is -0.585. The molecule has 0 saturated carbocycles. The van der Waals surface area contributed by atoms with E-state index in [9.17, 15) is 15.3 Å². The molecule has 81 heavy (non-hydrogen) atoms. The standard InChI is InChI=1S/C63H72N12O6/c1-58(2,3)34-61(10,11)37-28-46(73-67-40-22-16-17-23-41(40)68-73)49(76)31-52(37)79-55-64-56(80-53-32-50(77)47(29-38(53)62(12,13)35-59(4,5)6)74-69-42-24-18-19-25-43(42)70-74)66-57(65-55)81-54-33-51(78)48(30-39(54)63(14,15)36-60(7,8)9)75-71-44-26-20-21-27-45(44)72-75/h16-33,76-78H,34-36H2,1-15H3. The lowest BCUT2D eigenvalue weighted by atomic mass is 9.72. The van der Waals surface area contributed by atoms with Crippen LogP contribution in [0.1, 0.15) is 140 Å². The first-order valence-corrected chi connectivity index (χ1v) is 27.3. The second-order valence-electron chi connectivity index (χ2n) is 26.8. The molecule has 0 unspecified atom stereocenters. The van der Waals surface area contributed by atoms with Crippen LogP contribution in [0, 0.1) is 16.2 Å². The zero-order chi connectivity index (χ0) is 58.2. The van der Waals surface area contributed by atoms with Crippen molar-refractivity contribution in [2.75, 3.05) is 0 Å². The van der Waals surface area contributed by atoms with Crippen LogP contribution < -0.4 is 14.2 Å². The van der Waals surface area contributed by atoms with Gasteiger partial charge in [-0.2, -0.15) is 0 Å². The number of aromatic hydroxyl groups is 3. The lowest BCUT2D eigenvalue weighted by molar-refractivity contribution is 0.275. The largest absolute Gasteiger partial charge is 0.505 e. The maximum absolute atomic E-state index is 11.9. The summed E-state index contributed by atoms with van der Waals surface area (Å²) >= 11 is 0. The van der Waals surface area contributed by atoms with Crippen molar-refractivity contribution < 1.29 is 29.5 Å². The Morgan fingerprint density at radius 1 is 0.333 bits per heavy atom. The third-order valence-electron chi connectivity index (χ3n) is 14.0. The Morgan fingerprint density at radius 2 is 0.543 bits per heavy atom. The monoisotopic (exact) mass is 1090 g/mol. The first-order valence-electron chi connectivity index (χ1n) is 27.3. The van der Waals surface area contributed by atoms with Gasteiger partial charge in [0, 0.05) is 34.9 Å². The lowest BCUT2D eigenvalue weighted by Crippen LogP contribution is -2.26. The van der Waals surface area contributed by atoms with Crippen molar-refractivity contribution in [1.82, 2.24) is 59.9 Å². The van der Waals surface area contributed by atoms with E-state index in [0.29, 0.717) is 86.1 Å². The molecule has 10 aromatic rings. The molecule has 18 heteroatoms. The molecule has 18 nitrogen and oxygen atoms in total. The number of ether oxygens (including phenoxy) is 3. The second-order valence-corrected chi connectivity index (χ2v) is 26.8. The normalized spacial score (nSPS) is 12.9. The summed E-state index contributed by atoms with van der Waals surface area (Å²) in [6, 6.07) is 31.8. The summed E-state index contributed by atoms with van der Waals surface area (Å²) in [6.07, 6.45) is 2.09. The van der Waals surface area contributed by atoms with Crippen LogP contribution in [-0.2, 0) is 16.2 Å². The van der Waals surface area contributed by atoms with E-state index in [2.05, 4.69) is 104 Å². The lowest BCUT2D eigenvalue weighted by Gasteiger charge is -2.34. The molecule has 420 valence electrons. The highest BCUT2D eigenvalue weighted by atomic mass is 16.5. The van der Waals surface area contributed by atoms with Crippen LogP contribution >= 0.6 is 0 Å². The number of aromatic nitrogens is 12. The fourth-order valence-electron chi connectivity index (χ4n) is 11.9. The van der Waals surface area contributed by atoms with Gasteiger partial charge in [-0.05, 0) is 106 Å². The van der Waals surface area contributed by atoms with Gasteiger partial charge in [0.2, 0.25) is 0 Å². The molecular formula is C63H72N12O6. The number of benzene rings is 6. The molecule has 0 aliphatic rings. The zero-order valence-corrected chi connectivity index (χ0v) is 48.9. The van der Waals surface area contributed by atoms with Gasteiger partial charge in [0.1, 0.15) is 84.7 Å². The van der Waals surface area contributed by atoms with Gasteiger partial charge in [-0.3, -0.25) is 0 Å². The molecule has 0 aliphatic heterocycles. The van der Waals surface area contributed by atoms with E-state index >= 15 is 0 Å². The van der Waals surface area contributed by atoms with Crippen LogP contribution in [0.5, 0.6) is 52.5 Å². The van der Waals surface area contributed by atoms with Crippen LogP contribution in [0.2, 0.25) is 0 Å². The summed E-state index contributed by atoms with van der Waals surface area (Å²) in [5.41, 5.74) is 4.94. The van der Waals surface area contributed by atoms with Crippen molar-refractivity contribution in [3.63, 3.8) is 0 Å². The average Bonchev–Trinajstić information content (AvgIpc) is 4.22. The number of rotatable bonds is 15. The number of hydrogen-bond donors (Lipinski definition) is 3. The van der Waals surface area contributed by atoms with Gasteiger partial charge in [-0.25, -0.2) is 0 Å². The molecule has 0 bridgehead atoms. The smallest absolute Gasteiger partial charge is 0.331 e. The number of phenolic OH excluding ortho intramolecular Hbond substituents is 3. The van der Waals surface area contributed by atoms with E-state index in [1.165, 1.54) is 32.6 Å². The van der Waals surface area contributed by atoms with Crippen molar-refractivity contribution in [1.29, 1.82) is 0 Å². The highest BCUT2D eigenvalue weighted by molar-refractivity contribution is 5.76. The van der Waals surface area contributed by atoms with Gasteiger partial charge in [-0.1, -0.05) is 140 Å². The molecule has 4 heterocycles. The molecule has 0 aliphatic carbocycles. The predicted molar refractivity (Wildman–Crippen MR) is 313 cm³/mol. The third kappa shape index (κ3) is 12.1. The van der Waals surface area contributed by atoms with E-state index in [4.69, 9.17) is 59.8 Å². The average molecular weight is 1090 g/mol. The van der Waals surface area contributed by atoms with Crippen molar-refractivity contribution >= 4 is 33.1 Å². The predicted octanol–water partition coefficient (Wildman–Crippen LogP) is 14.7. The fraction of sp³-hybridized carbons (Fsp3) is 0.381. The highest BCUT2D eigenvalue weighted by Gasteiger charge is 2.36. The molecule has 10 rings (SSSR count). The Balaban J connectivity index is 1.15. The van der Waals surface area contributed by atoms with Crippen molar-refractivity contribution in [3.05, 3.63) is 126 Å². The first-order chi connectivity index (χ1) is 37.9. The maximum atomic E-state index is 11.9. The molecule has 0 atom stereocenters. The summed E-state index contributed by atoms with van der Waals surface area (Å²) in [5, 5.41) is 64.1. The minimum Gasteiger partial charge on any atom is -0.505 e. The molecule has 6 aromatic carbocycles. The zero-order valence-electron chi connectivity index (χ0n) is 48.9. The fourth-order valence-corrected chi connectivity index (χ4v) is 11.9. The summed E-state index contributed by atoms with van der Waals surface area (Å²) < 4.78 is 20.4. The Hall–Kier alpha value is -8.67. The van der Waals surface area contributed by atoms with E-state index in [1.807, 2.05) is 91.0 Å². The summed E-state index contributed by atoms with van der Waals surface area (Å²) in [4.78, 5) is 18.7. The topological polar surface area (TPSA) is 219 Å². The summed E-state index contributed by atoms with van der Waals surface area (Å²) in [6.45, 7) is 32.2. The van der Waals surface area contributed by atoms with Crippen molar-refractivity contribution in [2.24, 2.45) is 16.2 Å². The Labute approximate surface area is 471 Å². The van der Waals surface area contributed by atoms with Crippen LogP contribution in [0.4, 0.5) is 0 Å². The molecule has 0 fully saturated rings. The Kier molecular flexibility index (Phi) is 13.8. The Bertz CT molecular complexity index is 3480. The molecule has 0 saturated heterocycles. The van der Waals surface area contributed by atoms with Gasteiger partial charge in [0.15, 0.2) is 0 Å². The molecular weight excluding hydrogens is 1020 g/mol. The molecule has 0 amide bonds. The minimum absolute atomic E-state index is 0.145. The number of phenols is 3. The number of hydrogen-bond acceptors (Lipinski definition) is 15. The van der Waals surface area contributed by atoms with Gasteiger partial charge in [0.25, 0.3) is 0 Å². The van der Waals surface area contributed by atoms with E-state index in [1.54, 1.807) is 0 Å². The van der Waals surface area contributed by atoms with Crippen molar-refractivity contribution in [3.8, 4) is 69.6 Å². The number of nitrogens with zero attached hydrogens (tertiary/aromatic N) is 12. The van der Waals surface area contributed by atoms with Crippen molar-refractivity contribution in [2.45, 2.75) is 139 Å².